The monoisotopic (exact) mass is 296 g/mol. The van der Waals surface area contributed by atoms with Crippen LogP contribution in [0.2, 0.25) is 5.02 Å². The van der Waals surface area contributed by atoms with E-state index in [1.54, 1.807) is 6.20 Å². The second-order valence-electron chi connectivity index (χ2n) is 4.37. The Morgan fingerprint density at radius 2 is 2.11 bits per heavy atom. The fourth-order valence-electron chi connectivity index (χ4n) is 1.91. The van der Waals surface area contributed by atoms with E-state index in [2.05, 4.69) is 18.8 Å². The number of nitrogens with zero attached hydrogens (tertiary/aromatic N) is 2. The van der Waals surface area contributed by atoms with E-state index in [1.807, 2.05) is 16.5 Å². The lowest BCUT2D eigenvalue weighted by atomic mass is 10.2. The van der Waals surface area contributed by atoms with Gasteiger partial charge in [-0.05, 0) is 25.0 Å². The summed E-state index contributed by atoms with van der Waals surface area (Å²) in [6.07, 6.45) is 4.61. The van der Waals surface area contributed by atoms with Gasteiger partial charge in [0.25, 0.3) is 0 Å². The smallest absolute Gasteiger partial charge is 0.221 e. The van der Waals surface area contributed by atoms with Crippen molar-refractivity contribution in [1.82, 2.24) is 9.38 Å². The molecule has 2 heterocycles. The van der Waals surface area contributed by atoms with Crippen LogP contribution in [0.4, 0.5) is 0 Å². The zero-order valence-corrected chi connectivity index (χ0v) is 12.7. The molecule has 102 valence electrons. The van der Waals surface area contributed by atoms with Crippen LogP contribution in [0.3, 0.4) is 0 Å². The van der Waals surface area contributed by atoms with Gasteiger partial charge in [0.05, 0.1) is 11.6 Å². The molecular weight excluding hydrogens is 280 g/mol. The van der Waals surface area contributed by atoms with Crippen molar-refractivity contribution in [2.45, 2.75) is 33.1 Å². The zero-order chi connectivity index (χ0) is 13.8. The Labute approximate surface area is 123 Å². The van der Waals surface area contributed by atoms with Crippen LogP contribution in [0.15, 0.2) is 18.3 Å². The van der Waals surface area contributed by atoms with Crippen molar-refractivity contribution < 1.29 is 4.74 Å². The lowest BCUT2D eigenvalue weighted by Crippen LogP contribution is -2.06. The lowest BCUT2D eigenvalue weighted by Gasteiger charge is -2.12. The summed E-state index contributed by atoms with van der Waals surface area (Å²) in [5.74, 6) is 0.663. The van der Waals surface area contributed by atoms with Crippen LogP contribution in [-0.4, -0.2) is 16.0 Å². The van der Waals surface area contributed by atoms with Crippen LogP contribution in [0.5, 0.6) is 5.88 Å². The Hall–Kier alpha value is -1.13. The van der Waals surface area contributed by atoms with E-state index < -0.39 is 0 Å². The van der Waals surface area contributed by atoms with E-state index in [9.17, 15) is 0 Å². The number of aromatic nitrogens is 2. The first-order chi connectivity index (χ1) is 9.17. The maximum Gasteiger partial charge on any atom is 0.221 e. The van der Waals surface area contributed by atoms with Crippen LogP contribution < -0.4 is 4.74 Å². The van der Waals surface area contributed by atoms with Crippen molar-refractivity contribution >= 4 is 29.5 Å². The molecule has 19 heavy (non-hydrogen) atoms. The van der Waals surface area contributed by atoms with Gasteiger partial charge in [-0.1, -0.05) is 44.1 Å². The average molecular weight is 297 g/mol. The molecule has 0 aromatic carbocycles. The molecule has 2 aromatic heterocycles. The fourth-order valence-corrected chi connectivity index (χ4v) is 2.41. The number of rotatable bonds is 5. The Bertz CT molecular complexity index is 639. The van der Waals surface area contributed by atoms with Crippen LogP contribution in [0.25, 0.3) is 5.65 Å². The third kappa shape index (κ3) is 3.07. The van der Waals surface area contributed by atoms with Crippen molar-refractivity contribution in [2.24, 2.45) is 0 Å². The number of halogens is 1. The van der Waals surface area contributed by atoms with Gasteiger partial charge in [-0.2, -0.15) is 4.98 Å². The van der Waals surface area contributed by atoms with Crippen molar-refractivity contribution in [3.05, 3.63) is 33.6 Å². The van der Waals surface area contributed by atoms with E-state index in [1.165, 1.54) is 0 Å². The summed E-state index contributed by atoms with van der Waals surface area (Å²) in [7, 11) is 0. The van der Waals surface area contributed by atoms with Gasteiger partial charge in [0, 0.05) is 11.8 Å². The van der Waals surface area contributed by atoms with Crippen LogP contribution in [0.1, 0.15) is 32.3 Å². The summed E-state index contributed by atoms with van der Waals surface area (Å²) in [6, 6.07) is 3.66. The molecule has 0 bridgehead atoms. The summed E-state index contributed by atoms with van der Waals surface area (Å²) in [4.78, 5) is 4.55. The molecule has 5 heteroatoms. The van der Waals surface area contributed by atoms with Gasteiger partial charge in [0.1, 0.15) is 10.3 Å². The van der Waals surface area contributed by atoms with E-state index in [4.69, 9.17) is 28.6 Å². The highest BCUT2D eigenvalue weighted by atomic mass is 35.5. The highest BCUT2D eigenvalue weighted by Crippen LogP contribution is 2.22. The molecule has 0 N–H and O–H groups in total. The molecule has 3 nitrogen and oxygen atoms in total. The van der Waals surface area contributed by atoms with Crippen LogP contribution >= 0.6 is 23.8 Å². The summed E-state index contributed by atoms with van der Waals surface area (Å²) in [5, 5.41) is 0.648. The van der Waals surface area contributed by atoms with Gasteiger partial charge in [-0.25, -0.2) is 0 Å². The van der Waals surface area contributed by atoms with Gasteiger partial charge in [-0.15, -0.1) is 0 Å². The minimum Gasteiger partial charge on any atom is -0.477 e. The maximum absolute atomic E-state index is 6.02. The molecule has 2 aromatic rings. The Morgan fingerprint density at radius 1 is 1.32 bits per heavy atom. The second-order valence-corrected chi connectivity index (χ2v) is 5.20. The Morgan fingerprint density at radius 3 is 2.79 bits per heavy atom. The molecule has 0 aliphatic heterocycles. The second kappa shape index (κ2) is 6.35. The largest absolute Gasteiger partial charge is 0.477 e. The highest BCUT2D eigenvalue weighted by Gasteiger charge is 2.11. The molecule has 0 aliphatic carbocycles. The first-order valence-electron chi connectivity index (χ1n) is 6.51. The molecule has 0 atom stereocenters. The molecule has 0 saturated carbocycles. The van der Waals surface area contributed by atoms with Gasteiger partial charge >= 0.3 is 0 Å². The van der Waals surface area contributed by atoms with Crippen LogP contribution in [0, 0.1) is 4.64 Å². The Kier molecular flexibility index (Phi) is 4.77. The number of ether oxygens (including phenoxy) is 1. The van der Waals surface area contributed by atoms with E-state index in [-0.39, 0.29) is 0 Å². The van der Waals surface area contributed by atoms with Gasteiger partial charge in [-0.3, -0.25) is 4.40 Å². The highest BCUT2D eigenvalue weighted by molar-refractivity contribution is 7.71. The molecule has 0 amide bonds. The number of hydrogen-bond donors (Lipinski definition) is 0. The minimum atomic E-state index is 0.648. The first-order valence-corrected chi connectivity index (χ1v) is 7.29. The van der Waals surface area contributed by atoms with Crippen molar-refractivity contribution in [1.29, 1.82) is 0 Å². The van der Waals surface area contributed by atoms with E-state index >= 15 is 0 Å². The first kappa shape index (κ1) is 14.3. The summed E-state index contributed by atoms with van der Waals surface area (Å²) >= 11 is 11.6. The molecule has 0 radical (unpaired) electrons. The molecule has 0 aliphatic rings. The van der Waals surface area contributed by atoms with Crippen molar-refractivity contribution in [2.75, 3.05) is 6.61 Å². The fraction of sp³-hybridized carbons (Fsp3) is 0.429. The van der Waals surface area contributed by atoms with Gasteiger partial charge in [0.15, 0.2) is 0 Å². The van der Waals surface area contributed by atoms with Crippen molar-refractivity contribution in [3.8, 4) is 5.88 Å². The maximum atomic E-state index is 6.02. The molecule has 2 rings (SSSR count). The third-order valence-electron chi connectivity index (χ3n) is 2.78. The SMILES string of the molecule is CCCOc1nc2ccc(Cl)cn2c(=S)c1CCC. The van der Waals surface area contributed by atoms with E-state index in [0.29, 0.717) is 17.5 Å². The predicted molar refractivity (Wildman–Crippen MR) is 80.8 cm³/mol. The topological polar surface area (TPSA) is 26.5 Å². The zero-order valence-electron chi connectivity index (χ0n) is 11.1. The molecule has 0 unspecified atom stereocenters. The van der Waals surface area contributed by atoms with Gasteiger partial charge < -0.3 is 4.74 Å². The Balaban J connectivity index is 2.63. The molecular formula is C14H17ClN2OS. The van der Waals surface area contributed by atoms with Crippen molar-refractivity contribution in [3.63, 3.8) is 0 Å². The number of hydrogen-bond acceptors (Lipinski definition) is 3. The average Bonchev–Trinajstić information content (AvgIpc) is 2.41. The quantitative estimate of drug-likeness (QED) is 0.762. The van der Waals surface area contributed by atoms with E-state index in [0.717, 1.165) is 35.1 Å². The molecule has 0 fully saturated rings. The predicted octanol–water partition coefficient (Wildman–Crippen LogP) is 4.46. The molecule has 0 spiro atoms. The number of fused-ring (bicyclic) bond motifs is 1. The summed E-state index contributed by atoms with van der Waals surface area (Å²) in [6.45, 7) is 4.84. The normalized spacial score (nSPS) is 10.9. The summed E-state index contributed by atoms with van der Waals surface area (Å²) in [5.41, 5.74) is 1.76. The van der Waals surface area contributed by atoms with Gasteiger partial charge in [0.2, 0.25) is 5.88 Å². The minimum absolute atomic E-state index is 0.648. The van der Waals surface area contributed by atoms with Crippen LogP contribution in [-0.2, 0) is 6.42 Å². The molecule has 0 saturated heterocycles. The third-order valence-corrected chi connectivity index (χ3v) is 3.45. The standard InChI is InChI=1S/C14H17ClN2OS/c1-3-5-11-13(18-8-4-2)16-12-7-6-10(15)9-17(12)14(11)19/h6-7,9H,3-5,8H2,1-2H3. The lowest BCUT2D eigenvalue weighted by molar-refractivity contribution is 0.301. The number of pyridine rings is 1. The summed E-state index contributed by atoms with van der Waals surface area (Å²) < 4.78 is 8.32.